The Hall–Kier alpha value is -2.41. The van der Waals surface area contributed by atoms with Crippen LogP contribution in [0, 0.1) is 10.1 Å². The molecule has 0 fully saturated rings. The van der Waals surface area contributed by atoms with Gasteiger partial charge in [-0.25, -0.2) is 0 Å². The minimum Gasteiger partial charge on any atom is -0.319 e. The van der Waals surface area contributed by atoms with Gasteiger partial charge >= 0.3 is 0 Å². The first-order valence-electron chi connectivity index (χ1n) is 5.27. The topological polar surface area (TPSA) is 90.1 Å². The first-order chi connectivity index (χ1) is 9.06. The maximum Gasteiger partial charge on any atom is 0.292 e. The molecular formula is C11H9ClN4O3. The van der Waals surface area contributed by atoms with Gasteiger partial charge in [-0.3, -0.25) is 19.6 Å². The fourth-order valence-electron chi connectivity index (χ4n) is 1.50. The first kappa shape index (κ1) is 13.0. The van der Waals surface area contributed by atoms with Crippen molar-refractivity contribution in [3.05, 3.63) is 51.8 Å². The lowest BCUT2D eigenvalue weighted by atomic mass is 10.2. The Morgan fingerprint density at radius 2 is 2.21 bits per heavy atom. The van der Waals surface area contributed by atoms with Gasteiger partial charge in [0.2, 0.25) is 5.91 Å². The number of nitro groups is 1. The summed E-state index contributed by atoms with van der Waals surface area (Å²) in [7, 11) is 0. The van der Waals surface area contributed by atoms with Gasteiger partial charge in [-0.15, -0.1) is 0 Å². The van der Waals surface area contributed by atoms with Crippen LogP contribution >= 0.6 is 11.6 Å². The summed E-state index contributed by atoms with van der Waals surface area (Å²) >= 11 is 5.67. The molecule has 1 aromatic heterocycles. The van der Waals surface area contributed by atoms with E-state index in [0.717, 1.165) is 0 Å². The van der Waals surface area contributed by atoms with E-state index >= 15 is 0 Å². The number of rotatable bonds is 4. The highest BCUT2D eigenvalue weighted by atomic mass is 35.5. The lowest BCUT2D eigenvalue weighted by Gasteiger charge is -2.05. The normalized spacial score (nSPS) is 10.2. The Morgan fingerprint density at radius 1 is 1.47 bits per heavy atom. The molecule has 0 aliphatic heterocycles. The van der Waals surface area contributed by atoms with E-state index in [0.29, 0.717) is 5.02 Å². The third kappa shape index (κ3) is 3.29. The van der Waals surface area contributed by atoms with E-state index in [4.69, 9.17) is 11.6 Å². The molecule has 1 N–H and O–H groups in total. The lowest BCUT2D eigenvalue weighted by Crippen LogP contribution is -2.19. The largest absolute Gasteiger partial charge is 0.319 e. The number of hydrogen-bond acceptors (Lipinski definition) is 4. The van der Waals surface area contributed by atoms with Crippen LogP contribution in [0.1, 0.15) is 0 Å². The number of nitrogens with zero attached hydrogens (tertiary/aromatic N) is 3. The fraction of sp³-hybridized carbons (Fsp3) is 0.0909. The van der Waals surface area contributed by atoms with Gasteiger partial charge in [0.1, 0.15) is 12.2 Å². The molecule has 0 saturated heterocycles. The highest BCUT2D eigenvalue weighted by Gasteiger charge is 2.14. The molecule has 0 unspecified atom stereocenters. The van der Waals surface area contributed by atoms with Crippen LogP contribution in [0.3, 0.4) is 0 Å². The number of nitrogens with one attached hydrogen (secondary N) is 1. The number of carbonyl (C=O) groups is 1. The summed E-state index contributed by atoms with van der Waals surface area (Å²) in [4.78, 5) is 22.0. The van der Waals surface area contributed by atoms with Crippen LogP contribution in [0.5, 0.6) is 0 Å². The summed E-state index contributed by atoms with van der Waals surface area (Å²) in [6.07, 6.45) is 2.89. The summed E-state index contributed by atoms with van der Waals surface area (Å²) in [6.45, 7) is -0.0707. The molecule has 19 heavy (non-hydrogen) atoms. The maximum atomic E-state index is 11.7. The molecular weight excluding hydrogens is 272 g/mol. The van der Waals surface area contributed by atoms with E-state index in [2.05, 4.69) is 10.4 Å². The van der Waals surface area contributed by atoms with Crippen LogP contribution in [0.4, 0.5) is 11.4 Å². The number of aromatic nitrogens is 2. The molecule has 0 aliphatic rings. The molecule has 2 aromatic rings. The van der Waals surface area contributed by atoms with Gasteiger partial charge in [0.15, 0.2) is 0 Å². The smallest absolute Gasteiger partial charge is 0.292 e. The van der Waals surface area contributed by atoms with Gasteiger partial charge in [0.05, 0.1) is 16.1 Å². The highest BCUT2D eigenvalue weighted by Crippen LogP contribution is 2.23. The van der Waals surface area contributed by atoms with E-state index in [1.165, 1.54) is 35.3 Å². The number of nitro benzene ring substituents is 1. The molecule has 0 atom stereocenters. The second-order valence-corrected chi connectivity index (χ2v) is 4.12. The Morgan fingerprint density at radius 3 is 2.84 bits per heavy atom. The molecule has 1 amide bonds. The summed E-state index contributed by atoms with van der Waals surface area (Å²) < 4.78 is 1.34. The predicted molar refractivity (Wildman–Crippen MR) is 69.0 cm³/mol. The number of carbonyl (C=O) groups excluding carboxylic acids is 1. The van der Waals surface area contributed by atoms with Crippen LogP contribution in [-0.2, 0) is 11.3 Å². The Bertz CT molecular complexity index is 626. The maximum absolute atomic E-state index is 11.7. The molecule has 98 valence electrons. The van der Waals surface area contributed by atoms with Crippen LogP contribution in [0.25, 0.3) is 0 Å². The number of para-hydroxylation sites is 2. The van der Waals surface area contributed by atoms with Gasteiger partial charge in [0.25, 0.3) is 5.69 Å². The number of hydrogen-bond donors (Lipinski definition) is 1. The third-order valence-electron chi connectivity index (χ3n) is 2.28. The summed E-state index contributed by atoms with van der Waals surface area (Å²) in [5.74, 6) is -0.422. The molecule has 0 saturated carbocycles. The number of halogens is 1. The molecule has 0 aliphatic carbocycles. The average molecular weight is 281 g/mol. The molecule has 1 aromatic carbocycles. The fourth-order valence-corrected chi connectivity index (χ4v) is 1.66. The molecule has 7 nitrogen and oxygen atoms in total. The van der Waals surface area contributed by atoms with Crippen molar-refractivity contribution in [2.24, 2.45) is 0 Å². The summed E-state index contributed by atoms with van der Waals surface area (Å²) in [6, 6.07) is 5.92. The van der Waals surface area contributed by atoms with Crippen LogP contribution in [-0.4, -0.2) is 20.6 Å². The van der Waals surface area contributed by atoms with Crippen molar-refractivity contribution in [2.45, 2.75) is 6.54 Å². The molecule has 0 radical (unpaired) electrons. The third-order valence-corrected chi connectivity index (χ3v) is 2.48. The van der Waals surface area contributed by atoms with E-state index in [1.54, 1.807) is 6.07 Å². The minimum absolute atomic E-state index is 0.0707. The Kier molecular flexibility index (Phi) is 3.76. The molecule has 8 heteroatoms. The quantitative estimate of drug-likeness (QED) is 0.686. The molecule has 2 rings (SSSR count). The van der Waals surface area contributed by atoms with Crippen molar-refractivity contribution in [2.75, 3.05) is 5.32 Å². The van der Waals surface area contributed by atoms with E-state index in [1.807, 2.05) is 0 Å². The zero-order chi connectivity index (χ0) is 13.8. The van der Waals surface area contributed by atoms with Gasteiger partial charge < -0.3 is 5.32 Å². The predicted octanol–water partition coefficient (Wildman–Crippen LogP) is 2.08. The minimum atomic E-state index is -0.555. The first-order valence-corrected chi connectivity index (χ1v) is 5.65. The van der Waals surface area contributed by atoms with Gasteiger partial charge in [0, 0.05) is 12.3 Å². The van der Waals surface area contributed by atoms with Crippen molar-refractivity contribution in [3.8, 4) is 0 Å². The van der Waals surface area contributed by atoms with E-state index in [9.17, 15) is 14.9 Å². The zero-order valence-electron chi connectivity index (χ0n) is 9.62. The van der Waals surface area contributed by atoms with Crippen molar-refractivity contribution >= 4 is 28.9 Å². The second kappa shape index (κ2) is 5.49. The standard InChI is InChI=1S/C11H9ClN4O3/c12-8-5-13-15(6-8)7-11(17)14-9-3-1-2-4-10(9)16(18)19/h1-6H,7H2,(H,14,17). The zero-order valence-corrected chi connectivity index (χ0v) is 10.4. The number of benzene rings is 1. The van der Waals surface area contributed by atoms with E-state index < -0.39 is 10.8 Å². The number of amides is 1. The van der Waals surface area contributed by atoms with Crippen LogP contribution in [0.15, 0.2) is 36.7 Å². The van der Waals surface area contributed by atoms with E-state index in [-0.39, 0.29) is 17.9 Å². The van der Waals surface area contributed by atoms with Crippen molar-refractivity contribution in [3.63, 3.8) is 0 Å². The second-order valence-electron chi connectivity index (χ2n) is 3.68. The van der Waals surface area contributed by atoms with Crippen LogP contribution in [0.2, 0.25) is 5.02 Å². The van der Waals surface area contributed by atoms with Crippen molar-refractivity contribution in [1.82, 2.24) is 9.78 Å². The Balaban J connectivity index is 2.09. The molecule has 1 heterocycles. The molecule has 0 spiro atoms. The van der Waals surface area contributed by atoms with Gasteiger partial charge in [-0.1, -0.05) is 23.7 Å². The SMILES string of the molecule is O=C(Cn1cc(Cl)cn1)Nc1ccccc1[N+](=O)[O-]. The summed E-state index contributed by atoms with van der Waals surface area (Å²) in [5, 5.41) is 17.5. The van der Waals surface area contributed by atoms with Gasteiger partial charge in [-0.05, 0) is 6.07 Å². The Labute approximate surface area is 112 Å². The highest BCUT2D eigenvalue weighted by molar-refractivity contribution is 6.30. The lowest BCUT2D eigenvalue weighted by molar-refractivity contribution is -0.383. The van der Waals surface area contributed by atoms with Crippen LogP contribution < -0.4 is 5.32 Å². The average Bonchev–Trinajstić information content (AvgIpc) is 2.75. The monoisotopic (exact) mass is 280 g/mol. The molecule has 0 bridgehead atoms. The number of anilines is 1. The van der Waals surface area contributed by atoms with Crippen molar-refractivity contribution < 1.29 is 9.72 Å². The van der Waals surface area contributed by atoms with Crippen molar-refractivity contribution in [1.29, 1.82) is 0 Å². The van der Waals surface area contributed by atoms with Gasteiger partial charge in [-0.2, -0.15) is 5.10 Å². The summed E-state index contributed by atoms with van der Waals surface area (Å²) in [5.41, 5.74) is -0.00917.